The summed E-state index contributed by atoms with van der Waals surface area (Å²) in [6.45, 7) is 0.800. The number of hydrogen-bond donors (Lipinski definition) is 1. The van der Waals surface area contributed by atoms with Crippen LogP contribution in [0.2, 0.25) is 0 Å². The molecule has 0 radical (unpaired) electrons. The smallest absolute Gasteiger partial charge is 0.154 e. The molecule has 3 aliphatic rings. The Labute approximate surface area is 116 Å². The van der Waals surface area contributed by atoms with E-state index in [0.717, 1.165) is 19.4 Å². The number of piperidine rings is 2. The molecule has 110 valence electrons. The standard InChI is InChI=1S/C14H26N2O2S/c1-15-11-8-12-4-2-5-13(9-11)16(12)10-14-6-3-7-19(14,17)18/h11-15H,2-10H2,1H3. The van der Waals surface area contributed by atoms with E-state index in [1.165, 1.54) is 32.1 Å². The second-order valence-corrected chi connectivity index (χ2v) is 8.92. The Morgan fingerprint density at radius 1 is 1.11 bits per heavy atom. The molecule has 0 aromatic rings. The second kappa shape index (κ2) is 5.34. The van der Waals surface area contributed by atoms with Crippen molar-refractivity contribution in [3.8, 4) is 0 Å². The summed E-state index contributed by atoms with van der Waals surface area (Å²) in [5.41, 5.74) is 0. The third-order valence-electron chi connectivity index (χ3n) is 5.41. The predicted molar refractivity (Wildman–Crippen MR) is 77.0 cm³/mol. The van der Waals surface area contributed by atoms with Crippen molar-refractivity contribution in [1.29, 1.82) is 0 Å². The van der Waals surface area contributed by atoms with E-state index in [9.17, 15) is 8.42 Å². The summed E-state index contributed by atoms with van der Waals surface area (Å²) in [5.74, 6) is 0.417. The highest BCUT2D eigenvalue weighted by molar-refractivity contribution is 7.92. The van der Waals surface area contributed by atoms with Gasteiger partial charge in [0.2, 0.25) is 0 Å². The predicted octanol–water partition coefficient (Wildman–Crippen LogP) is 1.17. The monoisotopic (exact) mass is 286 g/mol. The number of rotatable bonds is 3. The summed E-state index contributed by atoms with van der Waals surface area (Å²) in [4.78, 5) is 2.55. The summed E-state index contributed by atoms with van der Waals surface area (Å²) in [6.07, 6.45) is 7.96. The SMILES string of the molecule is CNC1CC2CCCC(C1)N2CC1CCCS1(=O)=O. The number of sulfone groups is 1. The van der Waals surface area contributed by atoms with Gasteiger partial charge in [-0.25, -0.2) is 8.42 Å². The van der Waals surface area contributed by atoms with Gasteiger partial charge >= 0.3 is 0 Å². The Morgan fingerprint density at radius 3 is 2.32 bits per heavy atom. The highest BCUT2D eigenvalue weighted by Gasteiger charge is 2.41. The van der Waals surface area contributed by atoms with Gasteiger partial charge in [0, 0.05) is 24.7 Å². The highest BCUT2D eigenvalue weighted by atomic mass is 32.2. The maximum absolute atomic E-state index is 12.0. The molecule has 3 rings (SSSR count). The maximum Gasteiger partial charge on any atom is 0.154 e. The molecule has 3 unspecified atom stereocenters. The minimum absolute atomic E-state index is 0.0817. The molecule has 4 nitrogen and oxygen atoms in total. The lowest BCUT2D eigenvalue weighted by molar-refractivity contribution is 0.0260. The van der Waals surface area contributed by atoms with Crippen LogP contribution in [0.15, 0.2) is 0 Å². The molecule has 0 amide bonds. The van der Waals surface area contributed by atoms with Crippen LogP contribution in [0, 0.1) is 0 Å². The van der Waals surface area contributed by atoms with E-state index >= 15 is 0 Å². The van der Waals surface area contributed by atoms with Crippen molar-refractivity contribution in [3.63, 3.8) is 0 Å². The minimum Gasteiger partial charge on any atom is -0.317 e. The number of nitrogens with one attached hydrogen (secondary N) is 1. The Bertz CT molecular complexity index is 409. The van der Waals surface area contributed by atoms with E-state index in [1.54, 1.807) is 0 Å². The van der Waals surface area contributed by atoms with E-state index in [1.807, 2.05) is 0 Å². The Kier molecular flexibility index (Phi) is 3.89. The van der Waals surface area contributed by atoms with E-state index in [0.29, 0.717) is 23.9 Å². The van der Waals surface area contributed by atoms with Crippen molar-refractivity contribution in [3.05, 3.63) is 0 Å². The molecule has 1 N–H and O–H groups in total. The van der Waals surface area contributed by atoms with E-state index < -0.39 is 9.84 Å². The Morgan fingerprint density at radius 2 is 1.79 bits per heavy atom. The first-order valence-corrected chi connectivity index (χ1v) is 9.46. The molecule has 3 saturated heterocycles. The molecular formula is C14H26N2O2S. The van der Waals surface area contributed by atoms with E-state index in [4.69, 9.17) is 0 Å². The zero-order valence-electron chi connectivity index (χ0n) is 11.8. The molecule has 0 aromatic carbocycles. The zero-order valence-corrected chi connectivity index (χ0v) is 12.7. The Hall–Kier alpha value is -0.130. The highest BCUT2D eigenvalue weighted by Crippen LogP contribution is 2.35. The van der Waals surface area contributed by atoms with Crippen LogP contribution in [-0.4, -0.2) is 56.0 Å². The molecule has 0 aliphatic carbocycles. The third kappa shape index (κ3) is 2.69. The summed E-state index contributed by atoms with van der Waals surface area (Å²) >= 11 is 0. The first-order valence-electron chi connectivity index (χ1n) is 7.74. The van der Waals surface area contributed by atoms with Gasteiger partial charge in [0.25, 0.3) is 0 Å². The summed E-state index contributed by atoms with van der Waals surface area (Å²) in [6, 6.07) is 1.85. The van der Waals surface area contributed by atoms with Crippen LogP contribution in [0.4, 0.5) is 0 Å². The number of nitrogens with zero attached hydrogens (tertiary/aromatic N) is 1. The lowest BCUT2D eigenvalue weighted by atomic mass is 9.81. The number of hydrogen-bond acceptors (Lipinski definition) is 4. The first-order chi connectivity index (χ1) is 9.10. The molecule has 3 heterocycles. The number of fused-ring (bicyclic) bond motifs is 2. The van der Waals surface area contributed by atoms with Gasteiger partial charge in [-0.3, -0.25) is 4.90 Å². The third-order valence-corrected chi connectivity index (χ3v) is 7.67. The van der Waals surface area contributed by atoms with Crippen molar-refractivity contribution >= 4 is 9.84 Å². The molecule has 5 heteroatoms. The summed E-state index contributed by atoms with van der Waals surface area (Å²) in [5, 5.41) is 3.34. The van der Waals surface area contributed by atoms with Gasteiger partial charge in [-0.15, -0.1) is 0 Å². The van der Waals surface area contributed by atoms with Gasteiger partial charge in [0.05, 0.1) is 11.0 Å². The van der Waals surface area contributed by atoms with Gasteiger partial charge in [-0.2, -0.15) is 0 Å². The zero-order chi connectivity index (χ0) is 13.5. The fourth-order valence-corrected chi connectivity index (χ4v) is 6.14. The topological polar surface area (TPSA) is 49.4 Å². The molecule has 3 aliphatic heterocycles. The van der Waals surface area contributed by atoms with Crippen LogP contribution < -0.4 is 5.32 Å². The lowest BCUT2D eigenvalue weighted by Gasteiger charge is -2.49. The summed E-state index contributed by atoms with van der Waals surface area (Å²) < 4.78 is 24.1. The Balaban J connectivity index is 1.71. The van der Waals surface area contributed by atoms with Crippen LogP contribution in [-0.2, 0) is 9.84 Å². The molecule has 2 bridgehead atoms. The van der Waals surface area contributed by atoms with Crippen molar-refractivity contribution < 1.29 is 8.42 Å². The van der Waals surface area contributed by atoms with Gasteiger partial charge in [-0.1, -0.05) is 6.42 Å². The van der Waals surface area contributed by atoms with Crippen molar-refractivity contribution in [2.24, 2.45) is 0 Å². The second-order valence-electron chi connectivity index (χ2n) is 6.52. The minimum atomic E-state index is -2.79. The van der Waals surface area contributed by atoms with Gasteiger partial charge < -0.3 is 5.32 Å². The maximum atomic E-state index is 12.0. The first kappa shape index (κ1) is 13.8. The summed E-state index contributed by atoms with van der Waals surface area (Å²) in [7, 11) is -0.741. The van der Waals surface area contributed by atoms with Gasteiger partial charge in [0.15, 0.2) is 9.84 Å². The fraction of sp³-hybridized carbons (Fsp3) is 1.00. The van der Waals surface area contributed by atoms with Crippen molar-refractivity contribution in [1.82, 2.24) is 10.2 Å². The molecule has 0 saturated carbocycles. The van der Waals surface area contributed by atoms with Crippen molar-refractivity contribution in [2.45, 2.75) is 68.3 Å². The largest absolute Gasteiger partial charge is 0.317 e. The lowest BCUT2D eigenvalue weighted by Crippen LogP contribution is -2.57. The van der Waals surface area contributed by atoms with E-state index in [2.05, 4.69) is 17.3 Å². The van der Waals surface area contributed by atoms with E-state index in [-0.39, 0.29) is 5.25 Å². The average Bonchev–Trinajstić information content (AvgIpc) is 2.68. The molecule has 0 aromatic heterocycles. The van der Waals surface area contributed by atoms with Crippen LogP contribution in [0.1, 0.15) is 44.9 Å². The van der Waals surface area contributed by atoms with Gasteiger partial charge in [0.1, 0.15) is 0 Å². The van der Waals surface area contributed by atoms with Gasteiger partial charge in [-0.05, 0) is 45.6 Å². The van der Waals surface area contributed by atoms with Crippen molar-refractivity contribution in [2.75, 3.05) is 19.3 Å². The molecular weight excluding hydrogens is 260 g/mol. The van der Waals surface area contributed by atoms with Crippen LogP contribution >= 0.6 is 0 Å². The van der Waals surface area contributed by atoms with Crippen LogP contribution in [0.3, 0.4) is 0 Å². The quantitative estimate of drug-likeness (QED) is 0.846. The van der Waals surface area contributed by atoms with Crippen LogP contribution in [0.5, 0.6) is 0 Å². The molecule has 3 atom stereocenters. The normalized spacial score (nSPS) is 42.4. The molecule has 0 spiro atoms. The average molecular weight is 286 g/mol. The molecule has 19 heavy (non-hydrogen) atoms. The fourth-order valence-electron chi connectivity index (χ4n) is 4.31. The van der Waals surface area contributed by atoms with Crippen LogP contribution in [0.25, 0.3) is 0 Å². The molecule has 3 fully saturated rings.